The maximum Gasteiger partial charge on any atom is 0.317 e. The summed E-state index contributed by atoms with van der Waals surface area (Å²) in [4.78, 5) is 16.3. The molecule has 7 nitrogen and oxygen atoms in total. The molecule has 0 radical (unpaired) electrons. The molecule has 1 aliphatic rings. The minimum atomic E-state index is -0.0663. The number of benzene rings is 1. The van der Waals surface area contributed by atoms with Crippen molar-refractivity contribution in [3.8, 4) is 11.5 Å². The molecular formula is C18H23N3O4. The van der Waals surface area contributed by atoms with Gasteiger partial charge >= 0.3 is 6.03 Å². The highest BCUT2D eigenvalue weighted by molar-refractivity contribution is 5.74. The molecule has 7 heteroatoms. The van der Waals surface area contributed by atoms with Crippen molar-refractivity contribution in [1.29, 1.82) is 0 Å². The summed E-state index contributed by atoms with van der Waals surface area (Å²) in [6.07, 6.45) is 1.60. The van der Waals surface area contributed by atoms with Crippen molar-refractivity contribution in [2.45, 2.75) is 6.54 Å². The molecule has 0 atom stereocenters. The standard InChI is InChI=1S/C18H23N3O4/c1-23-16-6-5-14(12-17(16)24-2)20-7-9-21(10-8-20)18(22)19-13-15-4-3-11-25-15/h3-6,11-12H,7-10,13H2,1-2H3,(H,19,22). The summed E-state index contributed by atoms with van der Waals surface area (Å²) in [7, 11) is 3.25. The van der Waals surface area contributed by atoms with Crippen LogP contribution >= 0.6 is 0 Å². The van der Waals surface area contributed by atoms with Gasteiger partial charge in [-0.25, -0.2) is 4.79 Å². The average Bonchev–Trinajstić information content (AvgIpc) is 3.19. The van der Waals surface area contributed by atoms with Gasteiger partial charge in [-0.1, -0.05) is 0 Å². The number of nitrogens with zero attached hydrogens (tertiary/aromatic N) is 2. The second kappa shape index (κ2) is 7.83. The van der Waals surface area contributed by atoms with E-state index in [1.54, 1.807) is 20.5 Å². The first-order valence-corrected chi connectivity index (χ1v) is 8.23. The molecule has 1 fully saturated rings. The molecule has 0 saturated carbocycles. The van der Waals surface area contributed by atoms with E-state index in [4.69, 9.17) is 13.9 Å². The third-order valence-electron chi connectivity index (χ3n) is 4.29. The van der Waals surface area contributed by atoms with Crippen LogP contribution in [0.4, 0.5) is 10.5 Å². The molecule has 0 unspecified atom stereocenters. The zero-order valence-corrected chi connectivity index (χ0v) is 14.5. The Balaban J connectivity index is 1.53. The Morgan fingerprint density at radius 1 is 1.12 bits per heavy atom. The van der Waals surface area contributed by atoms with Gasteiger partial charge in [-0.05, 0) is 24.3 Å². The smallest absolute Gasteiger partial charge is 0.317 e. The van der Waals surface area contributed by atoms with E-state index in [9.17, 15) is 4.79 Å². The van der Waals surface area contributed by atoms with Gasteiger partial charge in [0.15, 0.2) is 11.5 Å². The van der Waals surface area contributed by atoms with Crippen molar-refractivity contribution in [2.75, 3.05) is 45.3 Å². The molecule has 1 saturated heterocycles. The molecule has 0 spiro atoms. The fraction of sp³-hybridized carbons (Fsp3) is 0.389. The van der Waals surface area contributed by atoms with Crippen molar-refractivity contribution >= 4 is 11.7 Å². The molecular weight excluding hydrogens is 322 g/mol. The molecule has 2 heterocycles. The summed E-state index contributed by atoms with van der Waals surface area (Å²) >= 11 is 0. The molecule has 1 aromatic heterocycles. The van der Waals surface area contributed by atoms with Gasteiger partial charge in [0, 0.05) is 37.9 Å². The van der Waals surface area contributed by atoms with Crippen LogP contribution in [0.5, 0.6) is 11.5 Å². The number of piperazine rings is 1. The van der Waals surface area contributed by atoms with E-state index in [0.717, 1.165) is 24.5 Å². The second-order valence-corrected chi connectivity index (χ2v) is 5.75. The quantitative estimate of drug-likeness (QED) is 0.901. The summed E-state index contributed by atoms with van der Waals surface area (Å²) in [6.45, 7) is 3.27. The number of carbonyl (C=O) groups excluding carboxylic acids is 1. The Kier molecular flexibility index (Phi) is 5.33. The Morgan fingerprint density at radius 2 is 1.88 bits per heavy atom. The van der Waals surface area contributed by atoms with Gasteiger partial charge in [0.05, 0.1) is 27.0 Å². The molecule has 25 heavy (non-hydrogen) atoms. The highest BCUT2D eigenvalue weighted by atomic mass is 16.5. The van der Waals surface area contributed by atoms with Gasteiger partial charge < -0.3 is 29.0 Å². The Morgan fingerprint density at radius 3 is 2.52 bits per heavy atom. The first-order valence-electron chi connectivity index (χ1n) is 8.23. The Bertz CT molecular complexity index is 694. The summed E-state index contributed by atoms with van der Waals surface area (Å²) in [5.74, 6) is 2.16. The van der Waals surface area contributed by atoms with Gasteiger partial charge in [-0.3, -0.25) is 0 Å². The summed E-state index contributed by atoms with van der Waals surface area (Å²) < 4.78 is 15.9. The van der Waals surface area contributed by atoms with Crippen molar-refractivity contribution in [3.63, 3.8) is 0 Å². The van der Waals surface area contributed by atoms with Gasteiger partial charge in [0.25, 0.3) is 0 Å². The number of nitrogens with one attached hydrogen (secondary N) is 1. The second-order valence-electron chi connectivity index (χ2n) is 5.75. The van der Waals surface area contributed by atoms with Crippen molar-refractivity contribution in [3.05, 3.63) is 42.4 Å². The number of anilines is 1. The lowest BCUT2D eigenvalue weighted by molar-refractivity contribution is 0.193. The van der Waals surface area contributed by atoms with E-state index in [2.05, 4.69) is 10.2 Å². The topological polar surface area (TPSA) is 67.2 Å². The number of rotatable bonds is 5. The van der Waals surface area contributed by atoms with E-state index in [-0.39, 0.29) is 6.03 Å². The van der Waals surface area contributed by atoms with Gasteiger partial charge in [0.1, 0.15) is 5.76 Å². The summed E-state index contributed by atoms with van der Waals surface area (Å²) in [6, 6.07) is 9.46. The van der Waals surface area contributed by atoms with Crippen molar-refractivity contribution < 1.29 is 18.7 Å². The third kappa shape index (κ3) is 3.99. The highest BCUT2D eigenvalue weighted by Crippen LogP contribution is 2.31. The van der Waals surface area contributed by atoms with E-state index < -0.39 is 0 Å². The van der Waals surface area contributed by atoms with E-state index in [1.165, 1.54) is 0 Å². The van der Waals surface area contributed by atoms with Crippen LogP contribution in [0.1, 0.15) is 5.76 Å². The lowest BCUT2D eigenvalue weighted by Crippen LogP contribution is -2.51. The largest absolute Gasteiger partial charge is 0.493 e. The maximum atomic E-state index is 12.2. The van der Waals surface area contributed by atoms with Crippen LogP contribution in [0.15, 0.2) is 41.0 Å². The SMILES string of the molecule is COc1ccc(N2CCN(C(=O)NCc3ccco3)CC2)cc1OC. The van der Waals surface area contributed by atoms with E-state index >= 15 is 0 Å². The van der Waals surface area contributed by atoms with Crippen LogP contribution < -0.4 is 19.7 Å². The molecule has 134 valence electrons. The minimum absolute atomic E-state index is 0.0663. The first kappa shape index (κ1) is 17.0. The van der Waals surface area contributed by atoms with Gasteiger partial charge in [-0.2, -0.15) is 0 Å². The number of methoxy groups -OCH3 is 2. The Labute approximate surface area is 147 Å². The summed E-state index contributed by atoms with van der Waals surface area (Å²) in [5, 5.41) is 2.88. The fourth-order valence-electron chi connectivity index (χ4n) is 2.88. The van der Waals surface area contributed by atoms with Crippen LogP contribution in [0.3, 0.4) is 0 Å². The first-order chi connectivity index (χ1) is 12.2. The molecule has 2 aromatic rings. The predicted octanol–water partition coefficient (Wildman–Crippen LogP) is 2.33. The molecule has 1 N–H and O–H groups in total. The lowest BCUT2D eigenvalue weighted by atomic mass is 10.2. The number of ether oxygens (including phenoxy) is 2. The van der Waals surface area contributed by atoms with Crippen molar-refractivity contribution in [1.82, 2.24) is 10.2 Å². The van der Waals surface area contributed by atoms with Gasteiger partial charge in [-0.15, -0.1) is 0 Å². The lowest BCUT2D eigenvalue weighted by Gasteiger charge is -2.36. The predicted molar refractivity (Wildman–Crippen MR) is 94.3 cm³/mol. The normalized spacial score (nSPS) is 14.3. The number of hydrogen-bond donors (Lipinski definition) is 1. The number of furan rings is 1. The Hall–Kier alpha value is -2.83. The summed E-state index contributed by atoms with van der Waals surface area (Å²) in [5.41, 5.74) is 1.06. The third-order valence-corrected chi connectivity index (χ3v) is 4.29. The van der Waals surface area contributed by atoms with Crippen LogP contribution in [-0.4, -0.2) is 51.3 Å². The number of carbonyl (C=O) groups is 1. The van der Waals surface area contributed by atoms with Crippen LogP contribution in [0, 0.1) is 0 Å². The molecule has 1 aromatic carbocycles. The van der Waals surface area contributed by atoms with E-state index in [0.29, 0.717) is 31.1 Å². The monoisotopic (exact) mass is 345 g/mol. The van der Waals surface area contributed by atoms with Crippen molar-refractivity contribution in [2.24, 2.45) is 0 Å². The molecule has 3 rings (SSSR count). The number of amides is 2. The molecule has 0 bridgehead atoms. The van der Waals surface area contributed by atoms with Crippen LogP contribution in [0.2, 0.25) is 0 Å². The highest BCUT2D eigenvalue weighted by Gasteiger charge is 2.22. The van der Waals surface area contributed by atoms with Gasteiger partial charge in [0.2, 0.25) is 0 Å². The molecule has 1 aliphatic heterocycles. The fourth-order valence-corrected chi connectivity index (χ4v) is 2.88. The average molecular weight is 345 g/mol. The zero-order chi connectivity index (χ0) is 17.6. The van der Waals surface area contributed by atoms with Crippen LogP contribution in [-0.2, 0) is 6.54 Å². The zero-order valence-electron chi connectivity index (χ0n) is 14.5. The number of urea groups is 1. The van der Waals surface area contributed by atoms with E-state index in [1.807, 2.05) is 35.2 Å². The van der Waals surface area contributed by atoms with Crippen LogP contribution in [0.25, 0.3) is 0 Å². The minimum Gasteiger partial charge on any atom is -0.493 e. The molecule has 0 aliphatic carbocycles. The molecule has 2 amide bonds. The maximum absolute atomic E-state index is 12.2. The number of hydrogen-bond acceptors (Lipinski definition) is 5.